The normalized spacial score (nSPS) is 11.4. The van der Waals surface area contributed by atoms with Gasteiger partial charge in [-0.15, -0.1) is 11.3 Å². The zero-order valence-corrected chi connectivity index (χ0v) is 19.3. The first-order valence-electron chi connectivity index (χ1n) is 10.9. The molecule has 3 aromatic heterocycles. The number of aromatic amines is 1. The molecule has 7 nitrogen and oxygen atoms in total. The SMILES string of the molecule is CCCOCCNc1nc(-c2cccc3[nH]ccc23)nc2cc(C(=O)CCCOC)sc12. The van der Waals surface area contributed by atoms with Gasteiger partial charge in [-0.3, -0.25) is 4.79 Å². The van der Waals surface area contributed by atoms with Gasteiger partial charge in [-0.05, 0) is 31.0 Å². The molecule has 2 N–H and O–H groups in total. The zero-order chi connectivity index (χ0) is 22.3. The van der Waals surface area contributed by atoms with E-state index in [1.54, 1.807) is 7.11 Å². The number of benzene rings is 1. The topological polar surface area (TPSA) is 89.1 Å². The highest BCUT2D eigenvalue weighted by molar-refractivity contribution is 7.21. The monoisotopic (exact) mass is 452 g/mol. The minimum absolute atomic E-state index is 0.108. The van der Waals surface area contributed by atoms with Gasteiger partial charge in [0.05, 0.1) is 21.7 Å². The standard InChI is InChI=1S/C24H28N4O3S/c1-3-12-31-14-11-26-24-22-19(15-21(32-22)20(29)8-5-13-30-2)27-23(28-24)17-6-4-7-18-16(17)9-10-25-18/h4,6-7,9-10,15,25H,3,5,8,11-14H2,1-2H3,(H,26,27,28). The van der Waals surface area contributed by atoms with Crippen LogP contribution in [-0.4, -0.2) is 54.2 Å². The Bertz CT molecular complexity index is 1200. The lowest BCUT2D eigenvalue weighted by Crippen LogP contribution is -2.11. The van der Waals surface area contributed by atoms with Crippen molar-refractivity contribution >= 4 is 44.1 Å². The van der Waals surface area contributed by atoms with E-state index in [4.69, 9.17) is 19.4 Å². The lowest BCUT2D eigenvalue weighted by atomic mass is 10.1. The summed E-state index contributed by atoms with van der Waals surface area (Å²) in [5.41, 5.74) is 2.77. The molecule has 0 amide bonds. The second-order valence-corrected chi connectivity index (χ2v) is 8.58. The Labute approximate surface area is 191 Å². The van der Waals surface area contributed by atoms with E-state index < -0.39 is 0 Å². The van der Waals surface area contributed by atoms with Crippen LogP contribution >= 0.6 is 11.3 Å². The number of Topliss-reactive ketones (excluding diaryl/α,β-unsaturated/α-hetero) is 1. The van der Waals surface area contributed by atoms with Crippen molar-refractivity contribution in [1.29, 1.82) is 0 Å². The number of ether oxygens (including phenoxy) is 2. The first-order valence-corrected chi connectivity index (χ1v) is 11.7. The maximum atomic E-state index is 12.7. The Kier molecular flexibility index (Phi) is 7.47. The molecule has 0 unspecified atom stereocenters. The van der Waals surface area contributed by atoms with Gasteiger partial charge in [0.1, 0.15) is 5.82 Å². The lowest BCUT2D eigenvalue weighted by Gasteiger charge is -2.10. The molecule has 168 valence electrons. The van der Waals surface area contributed by atoms with E-state index in [0.717, 1.165) is 45.5 Å². The van der Waals surface area contributed by atoms with Crippen molar-refractivity contribution in [3.8, 4) is 11.4 Å². The number of carbonyl (C=O) groups is 1. The first-order chi connectivity index (χ1) is 15.7. The Morgan fingerprint density at radius 3 is 2.94 bits per heavy atom. The lowest BCUT2D eigenvalue weighted by molar-refractivity contribution is 0.0967. The number of nitrogens with one attached hydrogen (secondary N) is 2. The van der Waals surface area contributed by atoms with E-state index in [1.165, 1.54) is 11.3 Å². The molecule has 0 aliphatic carbocycles. The number of H-pyrrole nitrogens is 1. The molecule has 1 aromatic carbocycles. The van der Waals surface area contributed by atoms with Crippen molar-refractivity contribution in [2.24, 2.45) is 0 Å². The number of hydrogen-bond donors (Lipinski definition) is 2. The van der Waals surface area contributed by atoms with Gasteiger partial charge in [0.2, 0.25) is 0 Å². The van der Waals surface area contributed by atoms with E-state index >= 15 is 0 Å². The van der Waals surface area contributed by atoms with E-state index in [-0.39, 0.29) is 5.78 Å². The molecule has 0 saturated heterocycles. The minimum Gasteiger partial charge on any atom is -0.385 e. The van der Waals surface area contributed by atoms with Crippen LogP contribution in [0, 0.1) is 0 Å². The summed E-state index contributed by atoms with van der Waals surface area (Å²) >= 11 is 1.44. The molecule has 0 fully saturated rings. The van der Waals surface area contributed by atoms with Crippen LogP contribution in [0.2, 0.25) is 0 Å². The van der Waals surface area contributed by atoms with Crippen molar-refractivity contribution < 1.29 is 14.3 Å². The second kappa shape index (κ2) is 10.7. The van der Waals surface area contributed by atoms with Crippen LogP contribution in [0.25, 0.3) is 32.5 Å². The van der Waals surface area contributed by atoms with Crippen molar-refractivity contribution in [3.05, 3.63) is 41.4 Å². The number of nitrogens with zero attached hydrogens (tertiary/aromatic N) is 2. The predicted octanol–water partition coefficient (Wildman–Crippen LogP) is 5.29. The fourth-order valence-corrected chi connectivity index (χ4v) is 4.61. The van der Waals surface area contributed by atoms with Gasteiger partial charge in [0.25, 0.3) is 0 Å². The maximum absolute atomic E-state index is 12.7. The Morgan fingerprint density at radius 1 is 1.19 bits per heavy atom. The highest BCUT2D eigenvalue weighted by Crippen LogP contribution is 2.34. The molecule has 4 rings (SSSR count). The molecular formula is C24H28N4O3S. The van der Waals surface area contributed by atoms with Crippen molar-refractivity contribution in [2.45, 2.75) is 26.2 Å². The van der Waals surface area contributed by atoms with Gasteiger partial charge in [0.15, 0.2) is 11.6 Å². The number of methoxy groups -OCH3 is 1. The third kappa shape index (κ3) is 4.98. The molecule has 0 aliphatic heterocycles. The van der Waals surface area contributed by atoms with E-state index in [1.807, 2.05) is 36.5 Å². The van der Waals surface area contributed by atoms with Gasteiger partial charge < -0.3 is 19.8 Å². The zero-order valence-electron chi connectivity index (χ0n) is 18.4. The van der Waals surface area contributed by atoms with E-state index in [2.05, 4.69) is 17.2 Å². The fraction of sp³-hybridized carbons (Fsp3) is 0.375. The van der Waals surface area contributed by atoms with Crippen LogP contribution in [0.1, 0.15) is 35.9 Å². The summed E-state index contributed by atoms with van der Waals surface area (Å²) in [5.74, 6) is 1.48. The maximum Gasteiger partial charge on any atom is 0.172 e. The molecular weight excluding hydrogens is 424 g/mol. The molecule has 32 heavy (non-hydrogen) atoms. The van der Waals surface area contributed by atoms with Crippen LogP contribution in [0.4, 0.5) is 5.82 Å². The number of fused-ring (bicyclic) bond motifs is 2. The summed E-state index contributed by atoms with van der Waals surface area (Å²) in [6, 6.07) is 9.96. The third-order valence-electron chi connectivity index (χ3n) is 5.12. The molecule has 3 heterocycles. The number of thiophene rings is 1. The summed E-state index contributed by atoms with van der Waals surface area (Å²) < 4.78 is 11.6. The van der Waals surface area contributed by atoms with Crippen molar-refractivity contribution in [1.82, 2.24) is 15.0 Å². The number of anilines is 1. The predicted molar refractivity (Wildman–Crippen MR) is 130 cm³/mol. The molecule has 0 bridgehead atoms. The molecule has 0 saturated carbocycles. The average Bonchev–Trinajstić information content (AvgIpc) is 3.46. The Morgan fingerprint density at radius 2 is 2.09 bits per heavy atom. The number of rotatable bonds is 12. The number of hydrogen-bond acceptors (Lipinski definition) is 7. The van der Waals surface area contributed by atoms with Gasteiger partial charge >= 0.3 is 0 Å². The number of carbonyl (C=O) groups excluding carboxylic acids is 1. The summed E-state index contributed by atoms with van der Waals surface area (Å²) in [5, 5.41) is 4.46. The van der Waals surface area contributed by atoms with Gasteiger partial charge in [-0.25, -0.2) is 9.97 Å². The fourth-order valence-electron chi connectivity index (χ4n) is 3.58. The van der Waals surface area contributed by atoms with Gasteiger partial charge in [0, 0.05) is 56.0 Å². The Balaban J connectivity index is 1.69. The van der Waals surface area contributed by atoms with Gasteiger partial charge in [-0.1, -0.05) is 19.1 Å². The summed E-state index contributed by atoms with van der Waals surface area (Å²) in [4.78, 5) is 26.3. The molecule has 0 radical (unpaired) electrons. The van der Waals surface area contributed by atoms with E-state index in [0.29, 0.717) is 43.3 Å². The van der Waals surface area contributed by atoms with Crippen LogP contribution in [0.15, 0.2) is 36.5 Å². The summed E-state index contributed by atoms with van der Waals surface area (Å²) in [6.07, 6.45) is 4.06. The van der Waals surface area contributed by atoms with Crippen LogP contribution in [0.5, 0.6) is 0 Å². The first kappa shape index (κ1) is 22.4. The molecule has 0 aliphatic rings. The average molecular weight is 453 g/mol. The second-order valence-electron chi connectivity index (χ2n) is 7.52. The van der Waals surface area contributed by atoms with Gasteiger partial charge in [-0.2, -0.15) is 0 Å². The van der Waals surface area contributed by atoms with Crippen molar-refractivity contribution in [2.75, 3.05) is 38.8 Å². The summed E-state index contributed by atoms with van der Waals surface area (Å²) in [6.45, 7) is 4.63. The molecule has 0 atom stereocenters. The summed E-state index contributed by atoms with van der Waals surface area (Å²) in [7, 11) is 1.65. The smallest absolute Gasteiger partial charge is 0.172 e. The molecule has 8 heteroatoms. The molecule has 0 spiro atoms. The van der Waals surface area contributed by atoms with E-state index in [9.17, 15) is 4.79 Å². The highest BCUT2D eigenvalue weighted by atomic mass is 32.1. The highest BCUT2D eigenvalue weighted by Gasteiger charge is 2.17. The van der Waals surface area contributed by atoms with Crippen LogP contribution in [-0.2, 0) is 9.47 Å². The molecule has 4 aromatic rings. The quantitative estimate of drug-likeness (QED) is 0.224. The minimum atomic E-state index is 0.108. The van der Waals surface area contributed by atoms with Crippen molar-refractivity contribution in [3.63, 3.8) is 0 Å². The Hall–Kier alpha value is -2.81. The third-order valence-corrected chi connectivity index (χ3v) is 6.29. The number of ketones is 1. The number of aromatic nitrogens is 3. The van der Waals surface area contributed by atoms with Crippen LogP contribution in [0.3, 0.4) is 0 Å². The largest absolute Gasteiger partial charge is 0.385 e. The van der Waals surface area contributed by atoms with Crippen LogP contribution < -0.4 is 5.32 Å².